The third kappa shape index (κ3) is 24.1. The highest BCUT2D eigenvalue weighted by molar-refractivity contribution is 6.37. The molecule has 0 aliphatic rings. The number of ether oxygens (including phenoxy) is 1. The molecule has 8 heterocycles. The molecule has 0 saturated heterocycles. The summed E-state index contributed by atoms with van der Waals surface area (Å²) in [6.45, 7) is 26.6. The molecule has 0 amide bonds. The number of benzene rings is 8. The van der Waals surface area contributed by atoms with Crippen LogP contribution >= 0.6 is 0 Å². The number of methoxy groups -OCH3 is 1. The first kappa shape index (κ1) is 95.4. The molecule has 16 rings (SSSR count). The highest BCUT2D eigenvalue weighted by atomic mass is 27.3. The van der Waals surface area contributed by atoms with Crippen molar-refractivity contribution in [1.29, 1.82) is 5.26 Å². The Morgan fingerprint density at radius 2 is 0.648 bits per heavy atom. The van der Waals surface area contributed by atoms with Crippen molar-refractivity contribution < 1.29 is 77.9 Å². The Labute approximate surface area is 786 Å². The van der Waals surface area contributed by atoms with Gasteiger partial charge in [0.2, 0.25) is 0 Å². The number of pyridine rings is 8. The molecule has 8 aromatic heterocycles. The number of aliphatic hydroxyl groups is 1. The molecule has 632 valence electrons. The van der Waals surface area contributed by atoms with Crippen molar-refractivity contribution in [3.8, 4) is 57.8 Å². The largest absolute Gasteiger partial charge is 0.743 e. The lowest BCUT2D eigenvalue weighted by Gasteiger charge is -2.15. The lowest BCUT2D eigenvalue weighted by atomic mass is 10.1. The van der Waals surface area contributed by atoms with Gasteiger partial charge in [-0.3, -0.25) is 4.98 Å². The molecule has 0 aliphatic heterocycles. The number of aromatic nitrogens is 8. The first-order valence-electron chi connectivity index (χ1n) is 39.5. The van der Waals surface area contributed by atoms with E-state index in [4.69, 9.17) is 53.0 Å². The van der Waals surface area contributed by atoms with E-state index in [0.717, 1.165) is 148 Å². The summed E-state index contributed by atoms with van der Waals surface area (Å²) >= 11 is -7.30. The molecule has 8 aromatic carbocycles. The van der Waals surface area contributed by atoms with Crippen LogP contribution in [0.1, 0.15) is 92.8 Å². The third-order valence-corrected chi connectivity index (χ3v) is 25.9. The van der Waals surface area contributed by atoms with Crippen LogP contribution in [0.5, 0.6) is 51.7 Å². The van der Waals surface area contributed by atoms with E-state index in [0.29, 0.717) is 56.7 Å². The lowest BCUT2D eigenvalue weighted by molar-refractivity contribution is -0.138. The predicted octanol–water partition coefficient (Wildman–Crippen LogP) is 18.9. The van der Waals surface area contributed by atoms with Gasteiger partial charge in [-0.15, -0.1) is 0 Å². The molecular formula is C90H72Al8F6N10O14. The topological polar surface area (TPSA) is 271 Å². The van der Waals surface area contributed by atoms with E-state index in [2.05, 4.69) is 88.9 Å². The van der Waals surface area contributed by atoms with Gasteiger partial charge in [0, 0.05) is 94.7 Å². The number of nitrogens with zero attached hydrogens (tertiary/aromatic N) is 10. The van der Waals surface area contributed by atoms with Crippen LogP contribution in [-0.2, 0) is 43.2 Å². The van der Waals surface area contributed by atoms with Crippen molar-refractivity contribution in [2.24, 2.45) is 0 Å². The number of rotatable bonds is 28. The number of aliphatic hydroxyl groups excluding tert-OH is 1. The van der Waals surface area contributed by atoms with E-state index < -0.39 is 151 Å². The van der Waals surface area contributed by atoms with Crippen molar-refractivity contribution in [2.45, 2.75) is 101 Å². The summed E-state index contributed by atoms with van der Waals surface area (Å²) < 4.78 is 154. The second kappa shape index (κ2) is 44.4. The molecule has 0 unspecified atom stereocenters. The predicted molar refractivity (Wildman–Crippen MR) is 479 cm³/mol. The van der Waals surface area contributed by atoms with Crippen molar-refractivity contribution in [3.63, 3.8) is 0 Å². The van der Waals surface area contributed by atoms with E-state index in [1.54, 1.807) is 57.4 Å². The molecule has 16 aromatic rings. The van der Waals surface area contributed by atoms with Gasteiger partial charge >= 0.3 is 139 Å². The maximum absolute atomic E-state index is 13.3. The van der Waals surface area contributed by atoms with Gasteiger partial charge in [-0.05, 0) is 206 Å². The van der Waals surface area contributed by atoms with Crippen LogP contribution in [-0.4, -0.2) is 179 Å². The van der Waals surface area contributed by atoms with Crippen molar-refractivity contribution >= 4 is 220 Å². The Kier molecular flexibility index (Phi) is 33.1. The maximum Gasteiger partial charge on any atom is 0.743 e. The summed E-state index contributed by atoms with van der Waals surface area (Å²) in [5, 5.41) is 25.0. The normalized spacial score (nSPS) is 11.1. The van der Waals surface area contributed by atoms with Gasteiger partial charge in [0.1, 0.15) is 90.4 Å². The Morgan fingerprint density at radius 1 is 0.336 bits per heavy atom. The number of para-hydroxylation sites is 4. The number of hydrogen-bond donors (Lipinski definition) is 1. The van der Waals surface area contributed by atoms with Crippen LogP contribution in [0, 0.1) is 73.3 Å². The zero-order chi connectivity index (χ0) is 90.8. The van der Waals surface area contributed by atoms with E-state index in [1.807, 2.05) is 139 Å². The minimum atomic E-state index is -4.59. The first-order chi connectivity index (χ1) is 61.7. The number of aryl methyl sites for hydroxylation is 10. The number of alkyl halides is 6. The number of halogens is 6. The second-order valence-electron chi connectivity index (χ2n) is 28.6. The zero-order valence-electron chi connectivity index (χ0n) is 70.7. The molecule has 0 spiro atoms. The average Bonchev–Trinajstić information content (AvgIpc) is 0.781. The highest BCUT2D eigenvalue weighted by Gasteiger charge is 2.34. The van der Waals surface area contributed by atoms with Gasteiger partial charge in [0.15, 0.2) is 5.69 Å². The minimum absolute atomic E-state index is 0.0476. The standard InChI is InChI=1S/2C12H13NO.2C11H8F3NO.2C11H8N2O.2C11H11NO2.8Al.4O/c2*1-3-9-7-8(2)13-12-10(9)5-4-6-11(12)14;2*1-6-2-3-7-4-8(11(12,13)14)5-9(16)10(7)15-6;1-7-3-4-8-9(12-2)5-6-10(14)11(8)13-7;1-7-2-4-9-8(6-12)3-5-10(14)11(9)13-7;1-7-6-10(14-2)8-4-3-5-9(13)11(8)12-7;1-7-5-8(6-13)9-3-2-4-10(14)11(9)12-7;;;;;;;;;;;;/h2*4-7,14H,3H2,1-2H3;2*2-5,16H,1H3;3-6,14H,1H3;2-5,14H,1H3;3-6,13H,1-2H3;2-5,13-14H,6H2,1H3;;;;;;;;;;;;/q;;;;;;;;8*+1;;;;/p-8. The monoisotopic (exact) mass is 1850 g/mol. The number of fused-ring (bicyclic) bond motifs is 8. The molecule has 0 bridgehead atoms. The van der Waals surface area contributed by atoms with Gasteiger partial charge in [-0.2, -0.15) is 31.6 Å². The fourth-order valence-corrected chi connectivity index (χ4v) is 18.5. The van der Waals surface area contributed by atoms with Gasteiger partial charge < -0.3 is 51.5 Å². The molecular weight excluding hydrogens is 1770 g/mol. The molecule has 128 heavy (non-hydrogen) atoms. The molecule has 38 heteroatoms. The summed E-state index contributed by atoms with van der Waals surface area (Å²) in [6, 6.07) is 58.0. The van der Waals surface area contributed by atoms with Crippen LogP contribution in [0.2, 0.25) is 0 Å². The first-order valence-corrected chi connectivity index (χ1v) is 47.0. The Morgan fingerprint density at radius 3 is 1.02 bits per heavy atom. The summed E-state index contributed by atoms with van der Waals surface area (Å²) in [7, 11) is 1.64. The summed E-state index contributed by atoms with van der Waals surface area (Å²) in [4.78, 5) is 39.6. The zero-order valence-corrected chi connectivity index (χ0v) is 79.9. The molecule has 24 nitrogen and oxygen atoms in total. The molecule has 0 saturated carbocycles. The van der Waals surface area contributed by atoms with Crippen molar-refractivity contribution in [3.05, 3.63) is 284 Å². The Hall–Kier alpha value is -10.1. The van der Waals surface area contributed by atoms with Crippen LogP contribution in [0.25, 0.3) is 92.1 Å². The van der Waals surface area contributed by atoms with Crippen LogP contribution < -0.4 is 35.0 Å². The maximum atomic E-state index is 13.3. The molecule has 8 radical (unpaired) electrons. The molecule has 0 aliphatic carbocycles. The quantitative estimate of drug-likeness (QED) is 0.0206. The Balaban J connectivity index is 0.000000146. The van der Waals surface area contributed by atoms with Gasteiger partial charge in [-0.25, -0.2) is 39.7 Å². The Bertz CT molecular complexity index is 6280. The van der Waals surface area contributed by atoms with E-state index in [9.17, 15) is 36.7 Å². The molecule has 1 N–H and O–H groups in total. The smallest absolute Gasteiger partial charge is 0.626 e. The lowest BCUT2D eigenvalue weighted by Crippen LogP contribution is -2.17. The summed E-state index contributed by atoms with van der Waals surface area (Å²) in [5.41, 5.74) is 14.3. The van der Waals surface area contributed by atoms with Gasteiger partial charge in [0.25, 0.3) is 0 Å². The third-order valence-electron chi connectivity index (χ3n) is 19.5. The van der Waals surface area contributed by atoms with E-state index >= 15 is 0 Å². The fraction of sp³-hybridized carbons (Fsp3) is 0.178. The van der Waals surface area contributed by atoms with E-state index in [-0.39, 0.29) is 39.9 Å². The van der Waals surface area contributed by atoms with Crippen molar-refractivity contribution in [1.82, 2.24) is 39.9 Å². The highest BCUT2D eigenvalue weighted by Crippen LogP contribution is 2.41. The van der Waals surface area contributed by atoms with Crippen molar-refractivity contribution in [2.75, 3.05) is 7.11 Å². The van der Waals surface area contributed by atoms with Gasteiger partial charge in [0.05, 0.1) is 48.6 Å². The minimum Gasteiger partial charge on any atom is -0.626 e. The SMILES string of the molecule is CCc1cc(C)nc2c([O][Al][O][Al][O]c3cccc4c(CC)cc(C)nc34)cccc12.COc1cc(C)nc2c([O][Al][O][Al][O]c3cccc4c(CO)cc(C)nc34)cccc12.Cc1ccc2cc(C(F)(F)F)cc([O][Al][O][Al][O]c3cc(C(F)(F)F)cc4ccc(C)nc34)c2n1.[C-]#[N+]c1ccc([O][Al][O][Al][O]c2ccc(C#N)c3ccc(C)nc23)c2nc(C)ccc12. The molecule has 0 fully saturated rings. The van der Waals surface area contributed by atoms with Gasteiger partial charge in [-0.1, -0.05) is 80.6 Å². The number of hydrogen-bond acceptors (Lipinski definition) is 23. The molecule has 0 atom stereocenters. The van der Waals surface area contributed by atoms with Crippen LogP contribution in [0.3, 0.4) is 0 Å². The summed E-state index contributed by atoms with van der Waals surface area (Å²) in [6.07, 6.45) is -7.25. The second-order valence-corrected chi connectivity index (χ2v) is 36.4. The number of nitriles is 1. The van der Waals surface area contributed by atoms with E-state index in [1.165, 1.54) is 23.3 Å². The van der Waals surface area contributed by atoms with Crippen LogP contribution in [0.15, 0.2) is 194 Å². The summed E-state index contributed by atoms with van der Waals surface area (Å²) in [5.74, 6) is 4.54. The fourth-order valence-electron chi connectivity index (χ4n) is 13.7. The average molecular weight is 1850 g/mol. The van der Waals surface area contributed by atoms with Crippen LogP contribution in [0.4, 0.5) is 32.0 Å².